The standard InChI is InChI=1S/C13H17BrO2/c1-13(7-2-8-16-13)12(15)9-10-3-5-11(14)6-4-10/h3-6,12,15H,2,7-9H2,1H3. The first-order valence-electron chi connectivity index (χ1n) is 5.67. The minimum absolute atomic E-state index is 0.354. The van der Waals surface area contributed by atoms with Crippen molar-refractivity contribution in [3.63, 3.8) is 0 Å². The van der Waals surface area contributed by atoms with E-state index in [0.717, 1.165) is 29.5 Å². The average Bonchev–Trinajstić information content (AvgIpc) is 2.70. The van der Waals surface area contributed by atoms with Gasteiger partial charge in [0.1, 0.15) is 0 Å². The van der Waals surface area contributed by atoms with Gasteiger partial charge in [0, 0.05) is 17.5 Å². The highest BCUT2D eigenvalue weighted by Gasteiger charge is 2.37. The van der Waals surface area contributed by atoms with Crippen LogP contribution in [0.3, 0.4) is 0 Å². The van der Waals surface area contributed by atoms with Crippen molar-refractivity contribution in [2.45, 2.75) is 37.9 Å². The molecule has 2 nitrogen and oxygen atoms in total. The summed E-state index contributed by atoms with van der Waals surface area (Å²) in [4.78, 5) is 0. The van der Waals surface area contributed by atoms with Crippen LogP contribution in [-0.4, -0.2) is 23.4 Å². The predicted molar refractivity (Wildman–Crippen MR) is 67.4 cm³/mol. The fourth-order valence-corrected chi connectivity index (χ4v) is 2.39. The minimum atomic E-state index is -0.420. The fourth-order valence-electron chi connectivity index (χ4n) is 2.12. The lowest BCUT2D eigenvalue weighted by atomic mass is 9.91. The molecule has 0 saturated carbocycles. The van der Waals surface area contributed by atoms with E-state index < -0.39 is 6.10 Å². The van der Waals surface area contributed by atoms with Crippen molar-refractivity contribution in [1.29, 1.82) is 0 Å². The second-order valence-electron chi connectivity index (χ2n) is 4.61. The molecule has 0 amide bonds. The number of halogens is 1. The van der Waals surface area contributed by atoms with Gasteiger partial charge in [-0.15, -0.1) is 0 Å². The van der Waals surface area contributed by atoms with Gasteiger partial charge in [-0.3, -0.25) is 0 Å². The normalized spacial score (nSPS) is 26.9. The van der Waals surface area contributed by atoms with E-state index in [9.17, 15) is 5.11 Å². The Morgan fingerprint density at radius 1 is 1.44 bits per heavy atom. The molecule has 3 heteroatoms. The third kappa shape index (κ3) is 2.65. The molecule has 1 N–H and O–H groups in total. The lowest BCUT2D eigenvalue weighted by Crippen LogP contribution is -2.39. The van der Waals surface area contributed by atoms with Gasteiger partial charge < -0.3 is 9.84 Å². The molecule has 1 aliphatic heterocycles. The third-order valence-corrected chi connectivity index (χ3v) is 3.83. The first kappa shape index (κ1) is 12.1. The molecule has 16 heavy (non-hydrogen) atoms. The van der Waals surface area contributed by atoms with Crippen LogP contribution in [-0.2, 0) is 11.2 Å². The van der Waals surface area contributed by atoms with Crippen molar-refractivity contribution in [3.8, 4) is 0 Å². The number of rotatable bonds is 3. The maximum Gasteiger partial charge on any atom is 0.0916 e. The van der Waals surface area contributed by atoms with E-state index in [4.69, 9.17) is 4.74 Å². The van der Waals surface area contributed by atoms with Crippen LogP contribution < -0.4 is 0 Å². The van der Waals surface area contributed by atoms with Crippen LogP contribution in [0.15, 0.2) is 28.7 Å². The molecule has 1 aromatic rings. The minimum Gasteiger partial charge on any atom is -0.390 e. The summed E-state index contributed by atoms with van der Waals surface area (Å²) in [6.45, 7) is 2.78. The van der Waals surface area contributed by atoms with Gasteiger partial charge in [0.25, 0.3) is 0 Å². The van der Waals surface area contributed by atoms with E-state index in [1.165, 1.54) is 0 Å². The molecule has 0 aliphatic carbocycles. The molecule has 0 bridgehead atoms. The summed E-state index contributed by atoms with van der Waals surface area (Å²) in [7, 11) is 0. The Balaban J connectivity index is 2.01. The molecule has 0 spiro atoms. The van der Waals surface area contributed by atoms with Gasteiger partial charge in [0.05, 0.1) is 11.7 Å². The first-order chi connectivity index (χ1) is 7.60. The van der Waals surface area contributed by atoms with Crippen LogP contribution in [0.5, 0.6) is 0 Å². The molecular weight excluding hydrogens is 268 g/mol. The van der Waals surface area contributed by atoms with Crippen LogP contribution >= 0.6 is 15.9 Å². The van der Waals surface area contributed by atoms with Crippen molar-refractivity contribution in [2.75, 3.05) is 6.61 Å². The van der Waals surface area contributed by atoms with E-state index in [1.54, 1.807) is 0 Å². The quantitative estimate of drug-likeness (QED) is 0.925. The molecule has 2 rings (SSSR count). The molecule has 1 fully saturated rings. The van der Waals surface area contributed by atoms with Crippen LogP contribution in [0.4, 0.5) is 0 Å². The molecule has 2 atom stereocenters. The van der Waals surface area contributed by atoms with Gasteiger partial charge in [-0.05, 0) is 37.5 Å². The van der Waals surface area contributed by atoms with Crippen LogP contribution in [0, 0.1) is 0 Å². The van der Waals surface area contributed by atoms with Gasteiger partial charge >= 0.3 is 0 Å². The Kier molecular flexibility index (Phi) is 3.67. The van der Waals surface area contributed by atoms with Crippen molar-refractivity contribution in [3.05, 3.63) is 34.3 Å². The summed E-state index contributed by atoms with van der Waals surface area (Å²) in [6, 6.07) is 8.07. The molecule has 2 unspecified atom stereocenters. The molecule has 1 saturated heterocycles. The highest BCUT2D eigenvalue weighted by molar-refractivity contribution is 9.10. The number of hydrogen-bond donors (Lipinski definition) is 1. The molecule has 1 aromatic carbocycles. The molecule has 0 radical (unpaired) electrons. The van der Waals surface area contributed by atoms with Gasteiger partial charge in [0.2, 0.25) is 0 Å². The summed E-state index contributed by atoms with van der Waals surface area (Å²) in [5, 5.41) is 10.2. The summed E-state index contributed by atoms with van der Waals surface area (Å²) >= 11 is 3.40. The van der Waals surface area contributed by atoms with Crippen LogP contribution in [0.25, 0.3) is 0 Å². The van der Waals surface area contributed by atoms with E-state index in [2.05, 4.69) is 15.9 Å². The van der Waals surface area contributed by atoms with E-state index >= 15 is 0 Å². The molecular formula is C13H17BrO2. The Labute approximate surface area is 105 Å². The summed E-state index contributed by atoms with van der Waals surface area (Å²) in [6.07, 6.45) is 2.23. The van der Waals surface area contributed by atoms with Crippen molar-refractivity contribution in [2.24, 2.45) is 0 Å². The highest BCUT2D eigenvalue weighted by Crippen LogP contribution is 2.30. The Hall–Kier alpha value is -0.380. The summed E-state index contributed by atoms with van der Waals surface area (Å²) < 4.78 is 6.70. The van der Waals surface area contributed by atoms with Crippen LogP contribution in [0.2, 0.25) is 0 Å². The number of hydrogen-bond acceptors (Lipinski definition) is 2. The largest absolute Gasteiger partial charge is 0.390 e. The second kappa shape index (κ2) is 4.86. The lowest BCUT2D eigenvalue weighted by Gasteiger charge is -2.29. The van der Waals surface area contributed by atoms with Crippen molar-refractivity contribution < 1.29 is 9.84 Å². The van der Waals surface area contributed by atoms with Crippen LogP contribution in [0.1, 0.15) is 25.3 Å². The van der Waals surface area contributed by atoms with Crippen molar-refractivity contribution >= 4 is 15.9 Å². The number of benzene rings is 1. The summed E-state index contributed by atoms with van der Waals surface area (Å²) in [5.41, 5.74) is 0.792. The first-order valence-corrected chi connectivity index (χ1v) is 6.46. The molecule has 88 valence electrons. The van der Waals surface area contributed by atoms with Gasteiger partial charge in [-0.1, -0.05) is 28.1 Å². The maximum atomic E-state index is 10.2. The lowest BCUT2D eigenvalue weighted by molar-refractivity contribution is -0.0768. The average molecular weight is 285 g/mol. The smallest absolute Gasteiger partial charge is 0.0916 e. The third-order valence-electron chi connectivity index (χ3n) is 3.30. The van der Waals surface area contributed by atoms with Gasteiger partial charge in [0.15, 0.2) is 0 Å². The Morgan fingerprint density at radius 2 is 2.12 bits per heavy atom. The molecule has 1 heterocycles. The maximum absolute atomic E-state index is 10.2. The van der Waals surface area contributed by atoms with Gasteiger partial charge in [-0.25, -0.2) is 0 Å². The zero-order chi connectivity index (χ0) is 11.6. The Morgan fingerprint density at radius 3 is 2.69 bits per heavy atom. The second-order valence-corrected chi connectivity index (χ2v) is 5.53. The Bertz CT molecular complexity index is 341. The number of aliphatic hydroxyl groups excluding tert-OH is 1. The zero-order valence-electron chi connectivity index (χ0n) is 9.45. The van der Waals surface area contributed by atoms with E-state index in [0.29, 0.717) is 6.42 Å². The molecule has 0 aromatic heterocycles. The molecule has 1 aliphatic rings. The van der Waals surface area contributed by atoms with E-state index in [-0.39, 0.29) is 5.60 Å². The van der Waals surface area contributed by atoms with Gasteiger partial charge in [-0.2, -0.15) is 0 Å². The highest BCUT2D eigenvalue weighted by atomic mass is 79.9. The monoisotopic (exact) mass is 284 g/mol. The topological polar surface area (TPSA) is 29.5 Å². The number of ether oxygens (including phenoxy) is 1. The fraction of sp³-hybridized carbons (Fsp3) is 0.538. The van der Waals surface area contributed by atoms with E-state index in [1.807, 2.05) is 31.2 Å². The predicted octanol–water partition coefficient (Wildman–Crippen LogP) is 2.92. The number of aliphatic hydroxyl groups is 1. The SMILES string of the molecule is CC1(C(O)Cc2ccc(Br)cc2)CCCO1. The van der Waals surface area contributed by atoms with Crippen molar-refractivity contribution in [1.82, 2.24) is 0 Å². The zero-order valence-corrected chi connectivity index (χ0v) is 11.0. The summed E-state index contributed by atoms with van der Waals surface area (Å²) in [5.74, 6) is 0.